The molecule has 1 aliphatic rings. The van der Waals surface area contributed by atoms with Crippen LogP contribution in [-0.4, -0.2) is 61.2 Å². The van der Waals surface area contributed by atoms with Gasteiger partial charge in [-0.05, 0) is 0 Å². The topological polar surface area (TPSA) is 90.8 Å². The van der Waals surface area contributed by atoms with Gasteiger partial charge in [-0.15, -0.1) is 0 Å². The van der Waals surface area contributed by atoms with Gasteiger partial charge in [-0.3, -0.25) is 4.79 Å². The molecule has 1 fully saturated rings. The van der Waals surface area contributed by atoms with Gasteiger partial charge in [0.05, 0.1) is 25.9 Å². The second kappa shape index (κ2) is 5.92. The fourth-order valence-electron chi connectivity index (χ4n) is 1.18. The molecular formula is C8H16N2O4. The Hall–Kier alpha value is -0.690. The molecule has 1 heterocycles. The van der Waals surface area contributed by atoms with Gasteiger partial charge in [0.1, 0.15) is 0 Å². The first-order valence-electron chi connectivity index (χ1n) is 4.62. The van der Waals surface area contributed by atoms with Crippen LogP contribution in [0, 0.1) is 0 Å². The second-order valence-corrected chi connectivity index (χ2v) is 3.18. The molecule has 1 aliphatic heterocycles. The monoisotopic (exact) mass is 204 g/mol. The van der Waals surface area contributed by atoms with Gasteiger partial charge in [-0.2, -0.15) is 0 Å². The average molecular weight is 204 g/mol. The molecule has 0 bridgehead atoms. The van der Waals surface area contributed by atoms with Crippen LogP contribution in [0.5, 0.6) is 0 Å². The number of hydrogen-bond acceptors (Lipinski definition) is 5. The minimum Gasteiger partial charge on any atom is -0.393 e. The average Bonchev–Trinajstić information content (AvgIpc) is 2.45. The lowest BCUT2D eigenvalue weighted by Crippen LogP contribution is -2.48. The first-order valence-corrected chi connectivity index (χ1v) is 4.62. The van der Waals surface area contributed by atoms with Gasteiger partial charge < -0.3 is 25.6 Å². The standard InChI is InChI=1S/C8H16N2O4/c11-4-7(12)8(13)10-6-3-9-1-2-14-5-6/h6-7,9,11-12H,1-5H2,(H,10,13). The molecule has 82 valence electrons. The van der Waals surface area contributed by atoms with E-state index in [0.29, 0.717) is 19.8 Å². The van der Waals surface area contributed by atoms with Crippen LogP contribution in [0.4, 0.5) is 0 Å². The molecule has 0 aliphatic carbocycles. The first-order chi connectivity index (χ1) is 6.74. The maximum absolute atomic E-state index is 11.2. The molecule has 1 saturated heterocycles. The summed E-state index contributed by atoms with van der Waals surface area (Å²) in [5.74, 6) is -0.565. The number of carbonyl (C=O) groups is 1. The third-order valence-corrected chi connectivity index (χ3v) is 1.95. The smallest absolute Gasteiger partial charge is 0.251 e. The highest BCUT2D eigenvalue weighted by Crippen LogP contribution is 1.91. The van der Waals surface area contributed by atoms with Gasteiger partial charge in [0.15, 0.2) is 6.10 Å². The molecule has 14 heavy (non-hydrogen) atoms. The number of nitrogens with one attached hydrogen (secondary N) is 2. The zero-order chi connectivity index (χ0) is 10.4. The van der Waals surface area contributed by atoms with Gasteiger partial charge in [0.25, 0.3) is 5.91 Å². The third kappa shape index (κ3) is 3.59. The number of hydrogen-bond donors (Lipinski definition) is 4. The van der Waals surface area contributed by atoms with Crippen LogP contribution in [0.3, 0.4) is 0 Å². The number of rotatable bonds is 3. The van der Waals surface area contributed by atoms with Crippen molar-refractivity contribution in [1.29, 1.82) is 0 Å². The van der Waals surface area contributed by atoms with Crippen LogP contribution >= 0.6 is 0 Å². The zero-order valence-corrected chi connectivity index (χ0v) is 7.90. The zero-order valence-electron chi connectivity index (χ0n) is 7.90. The summed E-state index contributed by atoms with van der Waals surface area (Å²) in [7, 11) is 0. The molecule has 6 nitrogen and oxygen atoms in total. The Morgan fingerprint density at radius 3 is 3.21 bits per heavy atom. The van der Waals surface area contributed by atoms with Crippen LogP contribution in [0.15, 0.2) is 0 Å². The Labute approximate surface area is 82.3 Å². The van der Waals surface area contributed by atoms with E-state index in [1.54, 1.807) is 0 Å². The predicted octanol–water partition coefficient (Wildman–Crippen LogP) is -2.56. The predicted molar refractivity (Wildman–Crippen MR) is 48.7 cm³/mol. The third-order valence-electron chi connectivity index (χ3n) is 1.95. The fraction of sp³-hybridized carbons (Fsp3) is 0.875. The van der Waals surface area contributed by atoms with Crippen LogP contribution in [0.2, 0.25) is 0 Å². The van der Waals surface area contributed by atoms with E-state index in [0.717, 1.165) is 6.54 Å². The highest BCUT2D eigenvalue weighted by Gasteiger charge is 2.19. The van der Waals surface area contributed by atoms with Crippen molar-refractivity contribution in [3.63, 3.8) is 0 Å². The Morgan fingerprint density at radius 1 is 1.71 bits per heavy atom. The lowest BCUT2D eigenvalue weighted by Gasteiger charge is -2.17. The summed E-state index contributed by atoms with van der Waals surface area (Å²) >= 11 is 0. The molecule has 1 amide bonds. The van der Waals surface area contributed by atoms with Crippen molar-refractivity contribution < 1.29 is 19.7 Å². The Balaban J connectivity index is 2.30. The van der Waals surface area contributed by atoms with E-state index in [2.05, 4.69) is 10.6 Å². The second-order valence-electron chi connectivity index (χ2n) is 3.18. The Bertz CT molecular complexity index is 180. The van der Waals surface area contributed by atoms with Gasteiger partial charge in [-0.1, -0.05) is 0 Å². The maximum atomic E-state index is 11.2. The molecule has 1 rings (SSSR count). The number of amides is 1. The number of ether oxygens (including phenoxy) is 1. The largest absolute Gasteiger partial charge is 0.393 e. The van der Waals surface area contributed by atoms with Crippen molar-refractivity contribution >= 4 is 5.91 Å². The van der Waals surface area contributed by atoms with Gasteiger partial charge in [0, 0.05) is 13.1 Å². The molecule has 0 saturated carbocycles. The van der Waals surface area contributed by atoms with Crippen molar-refractivity contribution in [2.24, 2.45) is 0 Å². The summed E-state index contributed by atoms with van der Waals surface area (Å²) in [6.45, 7) is 1.86. The summed E-state index contributed by atoms with van der Waals surface area (Å²) in [6.07, 6.45) is -1.35. The van der Waals surface area contributed by atoms with Gasteiger partial charge in [-0.25, -0.2) is 0 Å². The minimum atomic E-state index is -1.35. The van der Waals surface area contributed by atoms with Gasteiger partial charge >= 0.3 is 0 Å². The Kier molecular flexibility index (Phi) is 4.81. The molecule has 6 heteroatoms. The van der Waals surface area contributed by atoms with Crippen LogP contribution in [-0.2, 0) is 9.53 Å². The minimum absolute atomic E-state index is 0.147. The summed E-state index contributed by atoms with van der Waals surface area (Å²) in [5.41, 5.74) is 0. The van der Waals surface area contributed by atoms with E-state index in [9.17, 15) is 4.79 Å². The highest BCUT2D eigenvalue weighted by molar-refractivity contribution is 5.80. The summed E-state index contributed by atoms with van der Waals surface area (Å²) < 4.78 is 5.20. The van der Waals surface area contributed by atoms with Crippen molar-refractivity contribution in [1.82, 2.24) is 10.6 Å². The van der Waals surface area contributed by atoms with Crippen molar-refractivity contribution in [2.45, 2.75) is 12.1 Å². The quantitative estimate of drug-likeness (QED) is 0.406. The fourth-order valence-corrected chi connectivity index (χ4v) is 1.18. The molecule has 0 aromatic heterocycles. The molecule has 2 unspecified atom stereocenters. The first kappa shape index (κ1) is 11.4. The van der Waals surface area contributed by atoms with Crippen molar-refractivity contribution in [2.75, 3.05) is 32.9 Å². The summed E-state index contributed by atoms with van der Waals surface area (Å²) in [4.78, 5) is 11.2. The lowest BCUT2D eigenvalue weighted by molar-refractivity contribution is -0.132. The van der Waals surface area contributed by atoms with E-state index in [-0.39, 0.29) is 6.04 Å². The molecule has 4 N–H and O–H groups in total. The van der Waals surface area contributed by atoms with Crippen LogP contribution in [0.25, 0.3) is 0 Å². The van der Waals surface area contributed by atoms with Crippen LogP contribution in [0.1, 0.15) is 0 Å². The normalized spacial score (nSPS) is 25.1. The van der Waals surface area contributed by atoms with Crippen LogP contribution < -0.4 is 10.6 Å². The number of aliphatic hydroxyl groups excluding tert-OH is 2. The van der Waals surface area contributed by atoms with Crippen molar-refractivity contribution in [3.05, 3.63) is 0 Å². The number of aliphatic hydroxyl groups is 2. The molecule has 0 aromatic rings. The molecule has 0 spiro atoms. The van der Waals surface area contributed by atoms with E-state index in [1.807, 2.05) is 0 Å². The van der Waals surface area contributed by atoms with Crippen molar-refractivity contribution in [3.8, 4) is 0 Å². The van der Waals surface area contributed by atoms with E-state index < -0.39 is 18.6 Å². The SMILES string of the molecule is O=C(NC1CNCCOC1)C(O)CO. The molecule has 2 atom stereocenters. The number of carbonyl (C=O) groups excluding carboxylic acids is 1. The van der Waals surface area contributed by atoms with E-state index >= 15 is 0 Å². The molecule has 0 aromatic carbocycles. The molecular weight excluding hydrogens is 188 g/mol. The summed E-state index contributed by atoms with van der Waals surface area (Å²) in [5, 5.41) is 23.2. The highest BCUT2D eigenvalue weighted by atomic mass is 16.5. The Morgan fingerprint density at radius 2 is 2.50 bits per heavy atom. The maximum Gasteiger partial charge on any atom is 0.251 e. The lowest BCUT2D eigenvalue weighted by atomic mass is 10.2. The van der Waals surface area contributed by atoms with Gasteiger partial charge in [0.2, 0.25) is 0 Å². The molecule has 0 radical (unpaired) electrons. The summed E-state index contributed by atoms with van der Waals surface area (Å²) in [6, 6.07) is -0.147. The van der Waals surface area contributed by atoms with E-state index in [1.165, 1.54) is 0 Å². The van der Waals surface area contributed by atoms with E-state index in [4.69, 9.17) is 14.9 Å².